The molecule has 0 radical (unpaired) electrons. The van der Waals surface area contributed by atoms with E-state index in [1.807, 2.05) is 13.8 Å². The second kappa shape index (κ2) is 13.4. The lowest BCUT2D eigenvalue weighted by molar-refractivity contribution is 0.0810. The van der Waals surface area contributed by atoms with Crippen molar-refractivity contribution in [1.29, 1.82) is 0 Å². The molecular formula is C25H48O2. The van der Waals surface area contributed by atoms with Crippen LogP contribution in [0.15, 0.2) is 23.5 Å². The smallest absolute Gasteiger partial charge is 0.0751 e. The van der Waals surface area contributed by atoms with Gasteiger partial charge in [0.05, 0.1) is 12.4 Å². The topological polar surface area (TPSA) is 40.5 Å². The molecule has 2 heteroatoms. The van der Waals surface area contributed by atoms with E-state index in [4.69, 9.17) is 5.11 Å². The number of hydrogen-bond acceptors (Lipinski definition) is 2. The summed E-state index contributed by atoms with van der Waals surface area (Å²) in [6, 6.07) is 0. The molecule has 0 aromatic carbocycles. The van der Waals surface area contributed by atoms with Gasteiger partial charge in [0.2, 0.25) is 0 Å². The van der Waals surface area contributed by atoms with Crippen molar-refractivity contribution in [2.75, 3.05) is 0 Å². The highest BCUT2D eigenvalue weighted by molar-refractivity contribution is 5.23. The number of hydrogen-bond donors (Lipinski definition) is 2. The lowest BCUT2D eigenvalue weighted by atomic mass is 9.75. The average molecular weight is 381 g/mol. The standard InChI is InChI=1S/C11H22O.C10H18.C4H8O/c1-8(2)10-4-6-11(7-5-10)9(3)12;1-5-10(4)7-6-8(2)9(10)3;1-2-3-4-5/h8-12H,4-7H2,1-3H3;5-7H2,1-4H3;3-5H,2H2,1H3. The van der Waals surface area contributed by atoms with Crippen LogP contribution in [0.25, 0.3) is 0 Å². The van der Waals surface area contributed by atoms with Gasteiger partial charge >= 0.3 is 0 Å². The van der Waals surface area contributed by atoms with E-state index in [9.17, 15) is 5.11 Å². The van der Waals surface area contributed by atoms with Gasteiger partial charge in [-0.3, -0.25) is 0 Å². The van der Waals surface area contributed by atoms with Crippen LogP contribution >= 0.6 is 0 Å². The Labute approximate surface area is 170 Å². The van der Waals surface area contributed by atoms with Crippen molar-refractivity contribution in [3.05, 3.63) is 23.5 Å². The quantitative estimate of drug-likeness (QED) is 0.385. The van der Waals surface area contributed by atoms with Crippen molar-refractivity contribution >= 4 is 0 Å². The minimum Gasteiger partial charge on any atom is -0.516 e. The maximum absolute atomic E-state index is 9.40. The summed E-state index contributed by atoms with van der Waals surface area (Å²) >= 11 is 0. The predicted molar refractivity (Wildman–Crippen MR) is 120 cm³/mol. The monoisotopic (exact) mass is 380 g/mol. The first kappa shape index (κ1) is 26.2. The predicted octanol–water partition coefficient (Wildman–Crippen LogP) is 7.83. The zero-order chi connectivity index (χ0) is 21.0. The molecule has 2 nitrogen and oxygen atoms in total. The molecule has 0 amide bonds. The second-order valence-corrected chi connectivity index (χ2v) is 9.27. The number of aliphatic hydroxyl groups is 2. The zero-order valence-electron chi connectivity index (χ0n) is 19.5. The van der Waals surface area contributed by atoms with Crippen LogP contribution in [0.1, 0.15) is 107 Å². The molecule has 0 spiro atoms. The van der Waals surface area contributed by atoms with Crippen LogP contribution in [0.4, 0.5) is 0 Å². The molecule has 1 fully saturated rings. The summed E-state index contributed by atoms with van der Waals surface area (Å²) in [5, 5.41) is 17.3. The summed E-state index contributed by atoms with van der Waals surface area (Å²) in [6.07, 6.45) is 12.7. The van der Waals surface area contributed by atoms with Crippen LogP contribution in [-0.4, -0.2) is 16.3 Å². The van der Waals surface area contributed by atoms with E-state index in [2.05, 4.69) is 41.5 Å². The Kier molecular flexibility index (Phi) is 13.0. The molecule has 160 valence electrons. The minimum atomic E-state index is -0.0851. The highest BCUT2D eigenvalue weighted by atomic mass is 16.3. The van der Waals surface area contributed by atoms with Crippen LogP contribution in [0, 0.1) is 23.2 Å². The van der Waals surface area contributed by atoms with Crippen LogP contribution in [0.2, 0.25) is 0 Å². The van der Waals surface area contributed by atoms with E-state index in [1.165, 1.54) is 44.9 Å². The molecule has 2 N–H and O–H groups in total. The molecule has 0 aromatic heterocycles. The first-order valence-electron chi connectivity index (χ1n) is 11.3. The van der Waals surface area contributed by atoms with E-state index in [-0.39, 0.29) is 6.10 Å². The summed E-state index contributed by atoms with van der Waals surface area (Å²) in [5.41, 5.74) is 3.82. The van der Waals surface area contributed by atoms with E-state index in [0.29, 0.717) is 11.3 Å². The molecule has 0 aliphatic heterocycles. The summed E-state index contributed by atoms with van der Waals surface area (Å²) < 4.78 is 0. The molecule has 0 heterocycles. The average Bonchev–Trinajstić information content (AvgIpc) is 2.91. The lowest BCUT2D eigenvalue weighted by Gasteiger charge is -2.32. The van der Waals surface area contributed by atoms with Crippen LogP contribution in [0.3, 0.4) is 0 Å². The Balaban J connectivity index is 0.000000408. The third-order valence-corrected chi connectivity index (χ3v) is 7.16. The Hall–Kier alpha value is -0.760. The Morgan fingerprint density at radius 2 is 1.56 bits per heavy atom. The van der Waals surface area contributed by atoms with Crippen molar-refractivity contribution in [3.8, 4) is 0 Å². The minimum absolute atomic E-state index is 0.0851. The largest absolute Gasteiger partial charge is 0.516 e. The van der Waals surface area contributed by atoms with Gasteiger partial charge in [-0.25, -0.2) is 0 Å². The van der Waals surface area contributed by atoms with Gasteiger partial charge in [0.25, 0.3) is 0 Å². The van der Waals surface area contributed by atoms with Gasteiger partial charge in [-0.2, -0.15) is 0 Å². The molecule has 2 aliphatic rings. The zero-order valence-corrected chi connectivity index (χ0v) is 19.5. The normalized spacial score (nSPS) is 29.3. The molecule has 0 aromatic rings. The molecule has 2 rings (SSSR count). The molecule has 2 unspecified atom stereocenters. The third kappa shape index (κ3) is 9.32. The fourth-order valence-electron chi connectivity index (χ4n) is 4.19. The van der Waals surface area contributed by atoms with Crippen molar-refractivity contribution in [3.63, 3.8) is 0 Å². The molecular weight excluding hydrogens is 332 g/mol. The molecule has 2 atom stereocenters. The summed E-state index contributed by atoms with van der Waals surface area (Å²) in [5.74, 6) is 2.33. The van der Waals surface area contributed by atoms with Gasteiger partial charge in [0, 0.05) is 0 Å². The second-order valence-electron chi connectivity index (χ2n) is 9.27. The highest BCUT2D eigenvalue weighted by Gasteiger charge is 2.30. The summed E-state index contributed by atoms with van der Waals surface area (Å²) in [4.78, 5) is 0. The van der Waals surface area contributed by atoms with Crippen molar-refractivity contribution < 1.29 is 10.2 Å². The lowest BCUT2D eigenvalue weighted by Crippen LogP contribution is -2.25. The van der Waals surface area contributed by atoms with Gasteiger partial charge in [-0.1, -0.05) is 51.8 Å². The van der Waals surface area contributed by atoms with E-state index >= 15 is 0 Å². The highest BCUT2D eigenvalue weighted by Crippen LogP contribution is 2.44. The molecule has 0 saturated heterocycles. The Morgan fingerprint density at radius 1 is 1.04 bits per heavy atom. The fraction of sp³-hybridized carbons (Fsp3) is 0.840. The third-order valence-electron chi connectivity index (χ3n) is 7.16. The van der Waals surface area contributed by atoms with E-state index in [0.717, 1.165) is 24.5 Å². The van der Waals surface area contributed by atoms with Crippen molar-refractivity contribution in [2.24, 2.45) is 23.2 Å². The van der Waals surface area contributed by atoms with E-state index in [1.54, 1.807) is 17.2 Å². The van der Waals surface area contributed by atoms with Gasteiger partial charge < -0.3 is 10.2 Å². The molecule has 0 bridgehead atoms. The summed E-state index contributed by atoms with van der Waals surface area (Å²) in [7, 11) is 0. The van der Waals surface area contributed by atoms with Gasteiger partial charge in [-0.15, -0.1) is 0 Å². The number of aliphatic hydroxyl groups excluding tert-OH is 2. The van der Waals surface area contributed by atoms with Crippen LogP contribution < -0.4 is 0 Å². The molecule has 2 aliphatic carbocycles. The number of rotatable bonds is 4. The van der Waals surface area contributed by atoms with Crippen LogP contribution in [-0.2, 0) is 0 Å². The fourth-order valence-corrected chi connectivity index (χ4v) is 4.19. The van der Waals surface area contributed by atoms with Crippen molar-refractivity contribution in [2.45, 2.75) is 113 Å². The summed E-state index contributed by atoms with van der Waals surface area (Å²) in [6.45, 7) is 17.8. The van der Waals surface area contributed by atoms with Crippen molar-refractivity contribution in [1.82, 2.24) is 0 Å². The Morgan fingerprint density at radius 3 is 1.78 bits per heavy atom. The van der Waals surface area contributed by atoms with Crippen LogP contribution in [0.5, 0.6) is 0 Å². The SMILES string of the molecule is CC(C)C1CCC(C(C)O)CC1.CCC1(C)CCC(C)=C1C.CCC=CO. The van der Waals surface area contributed by atoms with Gasteiger partial charge in [0.1, 0.15) is 0 Å². The molecule has 1 saturated carbocycles. The van der Waals surface area contributed by atoms with Gasteiger partial charge in [-0.05, 0) is 95.3 Å². The Bertz CT molecular complexity index is 423. The molecule has 27 heavy (non-hydrogen) atoms. The van der Waals surface area contributed by atoms with E-state index < -0.39 is 0 Å². The maximum Gasteiger partial charge on any atom is 0.0751 e. The maximum atomic E-state index is 9.40. The first-order valence-corrected chi connectivity index (χ1v) is 11.3. The number of allylic oxidation sites excluding steroid dienone is 3. The first-order chi connectivity index (χ1) is 12.6. The van der Waals surface area contributed by atoms with Gasteiger partial charge in [0.15, 0.2) is 0 Å².